The molecule has 8 nitrogen and oxygen atoms in total. The molecule has 196 valence electrons. The highest BCUT2D eigenvalue weighted by molar-refractivity contribution is 7.92. The Morgan fingerprint density at radius 1 is 0.973 bits per heavy atom. The Morgan fingerprint density at radius 3 is 2.11 bits per heavy atom. The zero-order chi connectivity index (χ0) is 27.2. The van der Waals surface area contributed by atoms with Crippen LogP contribution in [0.2, 0.25) is 10.0 Å². The quantitative estimate of drug-likeness (QED) is 0.395. The standard InChI is InChI=1S/C26H27Cl2N3O5S/c1-18(26(33)29-2)30(16-19-9-11-23(36-3)12-10-19)25(32)17-31(22-14-20(27)13-21(28)15-22)37(34,35)24-7-5-4-6-8-24/h4-15,18H,16-17H2,1-3H3,(H,29,33)/t18-/m0/s1. The van der Waals surface area contributed by atoms with Gasteiger partial charge in [0.1, 0.15) is 18.3 Å². The van der Waals surface area contributed by atoms with Crippen LogP contribution in [0.25, 0.3) is 0 Å². The highest BCUT2D eigenvalue weighted by atomic mass is 35.5. The van der Waals surface area contributed by atoms with Gasteiger partial charge in [-0.15, -0.1) is 0 Å². The maximum Gasteiger partial charge on any atom is 0.264 e. The molecule has 0 saturated carbocycles. The molecule has 11 heteroatoms. The number of benzene rings is 3. The minimum Gasteiger partial charge on any atom is -0.497 e. The van der Waals surface area contributed by atoms with Gasteiger partial charge in [0.25, 0.3) is 10.0 Å². The lowest BCUT2D eigenvalue weighted by molar-refractivity contribution is -0.139. The molecule has 3 aromatic carbocycles. The van der Waals surface area contributed by atoms with Crippen molar-refractivity contribution in [1.29, 1.82) is 0 Å². The lowest BCUT2D eigenvalue weighted by atomic mass is 10.1. The monoisotopic (exact) mass is 563 g/mol. The molecule has 0 aliphatic rings. The van der Waals surface area contributed by atoms with E-state index in [4.69, 9.17) is 27.9 Å². The Kier molecular flexibility index (Phi) is 9.42. The van der Waals surface area contributed by atoms with Crippen molar-refractivity contribution in [2.75, 3.05) is 25.0 Å². The molecule has 0 aliphatic heterocycles. The van der Waals surface area contributed by atoms with Crippen LogP contribution < -0.4 is 14.4 Å². The van der Waals surface area contributed by atoms with Crippen molar-refractivity contribution in [1.82, 2.24) is 10.2 Å². The molecular weight excluding hydrogens is 537 g/mol. The van der Waals surface area contributed by atoms with Gasteiger partial charge in [-0.05, 0) is 55.0 Å². The second-order valence-corrected chi connectivity index (χ2v) is 10.8. The molecule has 2 amide bonds. The lowest BCUT2D eigenvalue weighted by Crippen LogP contribution is -2.50. The van der Waals surface area contributed by atoms with Gasteiger partial charge in [-0.1, -0.05) is 53.5 Å². The van der Waals surface area contributed by atoms with Gasteiger partial charge in [-0.25, -0.2) is 8.42 Å². The minimum atomic E-state index is -4.20. The number of methoxy groups -OCH3 is 1. The number of carbonyl (C=O) groups excluding carboxylic acids is 2. The smallest absolute Gasteiger partial charge is 0.264 e. The number of anilines is 1. The first kappa shape index (κ1) is 28.3. The summed E-state index contributed by atoms with van der Waals surface area (Å²) in [6.45, 7) is 1.05. The van der Waals surface area contributed by atoms with Gasteiger partial charge in [-0.2, -0.15) is 0 Å². The molecule has 3 rings (SSSR count). The van der Waals surface area contributed by atoms with Crippen molar-refractivity contribution in [3.63, 3.8) is 0 Å². The predicted molar refractivity (Wildman–Crippen MR) is 145 cm³/mol. The third-order valence-electron chi connectivity index (χ3n) is 5.67. The summed E-state index contributed by atoms with van der Waals surface area (Å²) >= 11 is 12.3. The number of amides is 2. The van der Waals surface area contributed by atoms with E-state index in [0.29, 0.717) is 5.75 Å². The number of hydrogen-bond acceptors (Lipinski definition) is 5. The molecule has 0 heterocycles. The zero-order valence-corrected chi connectivity index (χ0v) is 22.8. The van der Waals surface area contributed by atoms with Crippen molar-refractivity contribution in [2.45, 2.75) is 24.4 Å². The van der Waals surface area contributed by atoms with Crippen LogP contribution >= 0.6 is 23.2 Å². The summed E-state index contributed by atoms with van der Waals surface area (Å²) in [6, 6.07) is 18.1. The van der Waals surface area contributed by atoms with Gasteiger partial charge in [0.2, 0.25) is 11.8 Å². The first-order chi connectivity index (χ1) is 17.6. The molecule has 1 atom stereocenters. The van der Waals surface area contributed by atoms with E-state index in [1.807, 2.05) is 0 Å². The van der Waals surface area contributed by atoms with Crippen molar-refractivity contribution in [3.8, 4) is 5.75 Å². The molecule has 1 N–H and O–H groups in total. The van der Waals surface area contributed by atoms with Crippen LogP contribution in [-0.4, -0.2) is 51.9 Å². The number of halogens is 2. The molecule has 3 aromatic rings. The Labute approximate surface area is 226 Å². The maximum atomic E-state index is 13.7. The number of hydrogen-bond donors (Lipinski definition) is 1. The van der Waals surface area contributed by atoms with E-state index in [1.165, 1.54) is 42.3 Å². The van der Waals surface area contributed by atoms with Crippen molar-refractivity contribution >= 4 is 50.7 Å². The van der Waals surface area contributed by atoms with Gasteiger partial charge in [0.05, 0.1) is 17.7 Å². The van der Waals surface area contributed by atoms with Gasteiger partial charge in [-0.3, -0.25) is 13.9 Å². The number of sulfonamides is 1. The minimum absolute atomic E-state index is 0.0139. The normalized spacial score (nSPS) is 11.9. The van der Waals surface area contributed by atoms with E-state index in [2.05, 4.69) is 5.32 Å². The van der Waals surface area contributed by atoms with Crippen LogP contribution in [0.4, 0.5) is 5.69 Å². The van der Waals surface area contributed by atoms with E-state index in [-0.39, 0.29) is 27.2 Å². The first-order valence-electron chi connectivity index (χ1n) is 11.2. The Balaban J connectivity index is 2.04. The molecule has 0 fully saturated rings. The molecule has 0 unspecified atom stereocenters. The second kappa shape index (κ2) is 12.3. The van der Waals surface area contributed by atoms with E-state index >= 15 is 0 Å². The van der Waals surface area contributed by atoms with Crippen LogP contribution in [0.15, 0.2) is 77.7 Å². The van der Waals surface area contributed by atoms with Crippen LogP contribution in [0.3, 0.4) is 0 Å². The van der Waals surface area contributed by atoms with Crippen LogP contribution in [-0.2, 0) is 26.2 Å². The molecule has 0 bridgehead atoms. The summed E-state index contributed by atoms with van der Waals surface area (Å²) in [4.78, 5) is 27.5. The highest BCUT2D eigenvalue weighted by Crippen LogP contribution is 2.30. The Bertz CT molecular complexity index is 1330. The third kappa shape index (κ3) is 6.94. The fourth-order valence-corrected chi connectivity index (χ4v) is 5.58. The van der Waals surface area contributed by atoms with Gasteiger partial charge in [0.15, 0.2) is 0 Å². The van der Waals surface area contributed by atoms with E-state index in [9.17, 15) is 18.0 Å². The summed E-state index contributed by atoms with van der Waals surface area (Å²) in [5.74, 6) is -0.355. The first-order valence-corrected chi connectivity index (χ1v) is 13.4. The summed E-state index contributed by atoms with van der Waals surface area (Å²) in [5.41, 5.74) is 0.847. The fraction of sp³-hybridized carbons (Fsp3) is 0.231. The number of nitrogens with zero attached hydrogens (tertiary/aromatic N) is 2. The average molecular weight is 564 g/mol. The predicted octanol–water partition coefficient (Wildman–Crippen LogP) is 4.36. The maximum absolute atomic E-state index is 13.7. The van der Waals surface area contributed by atoms with Crippen LogP contribution in [0.5, 0.6) is 5.75 Å². The Hall–Kier alpha value is -3.27. The van der Waals surface area contributed by atoms with Crippen molar-refractivity contribution in [2.24, 2.45) is 0 Å². The third-order valence-corrected chi connectivity index (χ3v) is 7.90. The van der Waals surface area contributed by atoms with Gasteiger partial charge >= 0.3 is 0 Å². The fourth-order valence-electron chi connectivity index (χ4n) is 3.65. The summed E-state index contributed by atoms with van der Waals surface area (Å²) < 4.78 is 33.5. The largest absolute Gasteiger partial charge is 0.497 e. The Morgan fingerprint density at radius 2 is 1.57 bits per heavy atom. The highest BCUT2D eigenvalue weighted by Gasteiger charge is 2.32. The zero-order valence-electron chi connectivity index (χ0n) is 20.5. The summed E-state index contributed by atoms with van der Waals surface area (Å²) in [7, 11) is -1.19. The molecule has 37 heavy (non-hydrogen) atoms. The second-order valence-electron chi connectivity index (χ2n) is 8.11. The number of nitrogens with one attached hydrogen (secondary N) is 1. The summed E-state index contributed by atoms with van der Waals surface area (Å²) in [6.07, 6.45) is 0. The number of ether oxygens (including phenoxy) is 1. The molecule has 0 aromatic heterocycles. The number of carbonyl (C=O) groups is 2. The molecule has 0 aliphatic carbocycles. The number of likely N-dealkylation sites (N-methyl/N-ethyl adjacent to an activating group) is 1. The SMILES string of the molecule is CNC(=O)[C@H](C)N(Cc1ccc(OC)cc1)C(=O)CN(c1cc(Cl)cc(Cl)c1)S(=O)(=O)c1ccccc1. The van der Waals surface area contributed by atoms with E-state index in [1.54, 1.807) is 56.5 Å². The molecule has 0 radical (unpaired) electrons. The lowest BCUT2D eigenvalue weighted by Gasteiger charge is -2.32. The number of rotatable bonds is 10. The van der Waals surface area contributed by atoms with Gasteiger partial charge < -0.3 is 15.0 Å². The van der Waals surface area contributed by atoms with E-state index < -0.39 is 34.4 Å². The van der Waals surface area contributed by atoms with Crippen molar-refractivity contribution < 1.29 is 22.7 Å². The summed E-state index contributed by atoms with van der Waals surface area (Å²) in [5, 5.41) is 2.95. The van der Waals surface area contributed by atoms with Crippen molar-refractivity contribution in [3.05, 3.63) is 88.4 Å². The molecule has 0 saturated heterocycles. The van der Waals surface area contributed by atoms with E-state index in [0.717, 1.165) is 9.87 Å². The topological polar surface area (TPSA) is 96.0 Å². The average Bonchev–Trinajstić information content (AvgIpc) is 2.89. The van der Waals surface area contributed by atoms with Crippen LogP contribution in [0, 0.1) is 0 Å². The molecular formula is C26H27Cl2N3O5S. The van der Waals surface area contributed by atoms with Crippen LogP contribution in [0.1, 0.15) is 12.5 Å². The molecule has 0 spiro atoms. The van der Waals surface area contributed by atoms with Gasteiger partial charge in [0, 0.05) is 23.6 Å².